The Balaban J connectivity index is 0.000000196. The molecule has 34 nitrogen and oxygen atoms in total. The van der Waals surface area contributed by atoms with Gasteiger partial charge in [0.2, 0.25) is 25.7 Å². The third-order valence-electron chi connectivity index (χ3n) is 14.6. The van der Waals surface area contributed by atoms with Crippen molar-refractivity contribution in [3.8, 4) is 28.4 Å². The molecule has 556 valence electrons. The van der Waals surface area contributed by atoms with Gasteiger partial charge in [0, 0.05) is 62.0 Å². The number of hydrogen-bond donors (Lipinski definition) is 9. The maximum absolute atomic E-state index is 13.2. The number of para-hydroxylation sites is 1. The van der Waals surface area contributed by atoms with Crippen LogP contribution >= 0.6 is 45.6 Å². The number of pyridine rings is 3. The smallest absolute Gasteiger partial charge is 0.457 e. The molecule has 3 aliphatic rings. The van der Waals surface area contributed by atoms with Crippen molar-refractivity contribution in [2.45, 2.75) is 127 Å². The highest BCUT2D eigenvalue weighted by Gasteiger charge is 2.70. The summed E-state index contributed by atoms with van der Waals surface area (Å²) in [7, 11) is -31.3. The van der Waals surface area contributed by atoms with E-state index in [0.717, 1.165) is 0 Å². The maximum Gasteiger partial charge on any atom is 0.514 e. The monoisotopic (exact) mass is 1550 g/mol. The lowest BCUT2D eigenvalue weighted by Gasteiger charge is -2.41. The minimum Gasteiger partial charge on any atom is -0.457 e. The average molecular weight is 1550 g/mol. The Hall–Kier alpha value is -7.28. The van der Waals surface area contributed by atoms with E-state index in [1.807, 2.05) is 0 Å². The van der Waals surface area contributed by atoms with Gasteiger partial charge in [-0.3, -0.25) is 69.5 Å². The molecule has 0 aliphatic carbocycles. The van der Waals surface area contributed by atoms with Crippen LogP contribution in [0.3, 0.4) is 0 Å². The van der Waals surface area contributed by atoms with Gasteiger partial charge in [0.25, 0.3) is 15.2 Å². The SMILES string of the molecule is CC(C)OC(=O)Oc1c(-c2ccccc2)cccc1C1OP(=O)(O)C(O)(Cc2cccnc2)P(=O)(O)O1.Cc1ccc(C2OP(=O)(O)C(O)(Cc3cccnc3)P(=O)(O)O2)c(OCOC(=O)OC(C)C)c1.Cc1ccc(OC(=O)OC(C)C)c(C2OP(=O)(O)C(O)(Cc3cccnc3)P(=O)(O)O2)c1. The summed E-state index contributed by atoms with van der Waals surface area (Å²) in [5.41, 5.74) is 2.56. The van der Waals surface area contributed by atoms with Crippen LogP contribution in [0.25, 0.3) is 11.1 Å². The molecule has 0 amide bonds. The first-order valence-electron chi connectivity index (χ1n) is 30.7. The average Bonchev–Trinajstić information content (AvgIpc) is 0.739. The van der Waals surface area contributed by atoms with Gasteiger partial charge in [-0.1, -0.05) is 84.4 Å². The zero-order valence-electron chi connectivity index (χ0n) is 55.8. The van der Waals surface area contributed by atoms with E-state index in [1.165, 1.54) is 110 Å². The number of carbonyl (C=O) groups is 3. The number of aliphatic hydroxyl groups is 3. The molecule has 0 saturated carbocycles. The first kappa shape index (κ1) is 81.4. The lowest BCUT2D eigenvalue weighted by atomic mass is 10.0. The Morgan fingerprint density at radius 3 is 1.24 bits per heavy atom. The molecule has 6 atom stereocenters. The molecule has 6 unspecified atom stereocenters. The van der Waals surface area contributed by atoms with Crippen molar-refractivity contribution in [3.05, 3.63) is 203 Å². The van der Waals surface area contributed by atoms with Gasteiger partial charge >= 0.3 is 64.0 Å². The maximum atomic E-state index is 13.2. The van der Waals surface area contributed by atoms with Crippen LogP contribution in [0.5, 0.6) is 17.2 Å². The molecule has 9 N–H and O–H groups in total. The number of hydrogen-bond acceptors (Lipinski definition) is 28. The topological polar surface area (TPSA) is 494 Å². The third kappa shape index (κ3) is 19.2. The number of carbonyl (C=O) groups excluding carboxylic acids is 3. The van der Waals surface area contributed by atoms with Crippen molar-refractivity contribution in [3.63, 3.8) is 0 Å². The highest BCUT2D eigenvalue weighted by Crippen LogP contribution is 2.82. The largest absolute Gasteiger partial charge is 0.514 e. The number of aromatic nitrogens is 3. The Kier molecular flexibility index (Phi) is 26.1. The summed E-state index contributed by atoms with van der Waals surface area (Å²) in [5.74, 6) is -0.369. The number of nitrogens with zero attached hydrogens (tertiary/aromatic N) is 3. The predicted octanol–water partition coefficient (Wildman–Crippen LogP) is 12.2. The van der Waals surface area contributed by atoms with Crippen molar-refractivity contribution >= 4 is 64.0 Å². The molecule has 4 aromatic carbocycles. The number of aryl methyl sites for hydroxylation is 2. The van der Waals surface area contributed by atoms with Gasteiger partial charge in [-0.15, -0.1) is 0 Å². The predicted molar refractivity (Wildman–Crippen MR) is 359 cm³/mol. The van der Waals surface area contributed by atoms with Crippen LogP contribution in [0.1, 0.15) is 105 Å². The molecule has 3 saturated heterocycles. The van der Waals surface area contributed by atoms with E-state index < -0.39 is 143 Å². The molecule has 0 spiro atoms. The van der Waals surface area contributed by atoms with Crippen molar-refractivity contribution in [2.24, 2.45) is 0 Å². The molecule has 6 heterocycles. The van der Waals surface area contributed by atoms with Gasteiger partial charge in [-0.2, -0.15) is 0 Å². The summed E-state index contributed by atoms with van der Waals surface area (Å²) in [6.45, 7) is 12.5. The van der Waals surface area contributed by atoms with Gasteiger partial charge < -0.3 is 77.8 Å². The standard InChI is InChI=1S/C24H25NO10P2.C20H25NO11P2.C19H23NO10P2/c1-16(2)32-23(26)33-21-19(18-9-4-3-5-10-18)11-6-12-20(21)22-34-36(28,29)24(27,37(30,31)35-22)14-17-8-7-13-25-15-17;1-13(2)30-19(22)29-12-28-17-9-14(3)6-7-16(17)18-31-33(24,25)20(23,34(26,27)32-18)10-15-5-4-8-21-11-15;1-12(2)27-18(21)28-16-7-6-13(3)9-15(16)17-29-31(23,24)19(22,32(25,26)30-17)10-14-5-4-8-20-11-14/h3-13,15-16,22,27H,14H2,1-2H3,(H,28,29)(H,30,31);4-9,11,13,18,23H,10,12H2,1-3H3,(H,24,25)(H,26,27);4-9,11-12,17,22H,10H2,1-3H3,(H,23,24)(H,25,26). The van der Waals surface area contributed by atoms with Crippen LogP contribution in [0, 0.1) is 13.8 Å². The van der Waals surface area contributed by atoms with Crippen LogP contribution in [-0.4, -0.2) is 118 Å². The molecule has 3 aromatic heterocycles. The summed E-state index contributed by atoms with van der Waals surface area (Å²) in [6.07, 6.45) is -4.33. The van der Waals surface area contributed by atoms with E-state index in [2.05, 4.69) is 15.0 Å². The molecule has 10 rings (SSSR count). The van der Waals surface area contributed by atoms with Gasteiger partial charge in [-0.05, 0) is 126 Å². The molecule has 7 aromatic rings. The lowest BCUT2D eigenvalue weighted by Crippen LogP contribution is -2.38. The summed E-state index contributed by atoms with van der Waals surface area (Å²) in [6, 6.07) is 30.7. The number of benzene rings is 4. The van der Waals surface area contributed by atoms with Crippen LogP contribution in [0.4, 0.5) is 14.4 Å². The molecule has 3 aliphatic heterocycles. The quantitative estimate of drug-likeness (QED) is 0.0127. The normalized spacial score (nSPS) is 28.8. The fourth-order valence-electron chi connectivity index (χ4n) is 9.67. The molecule has 103 heavy (non-hydrogen) atoms. The fraction of sp³-hybridized carbons (Fsp3) is 0.333. The molecule has 0 bridgehead atoms. The third-order valence-corrected chi connectivity index (χ3v) is 28.4. The molecule has 3 fully saturated rings. The Bertz CT molecular complexity index is 4390. The Labute approximate surface area is 588 Å². The van der Waals surface area contributed by atoms with Gasteiger partial charge in [-0.25, -0.2) is 14.4 Å². The summed E-state index contributed by atoms with van der Waals surface area (Å²) in [5, 5.41) is 23.2. The van der Waals surface area contributed by atoms with Crippen molar-refractivity contribution in [2.75, 3.05) is 6.79 Å². The van der Waals surface area contributed by atoms with Crippen LogP contribution in [0.2, 0.25) is 0 Å². The van der Waals surface area contributed by atoms with E-state index >= 15 is 0 Å². The number of rotatable bonds is 18. The highest BCUT2D eigenvalue weighted by molar-refractivity contribution is 7.74. The van der Waals surface area contributed by atoms with Gasteiger partial charge in [0.15, 0.2) is 5.75 Å². The second-order valence-electron chi connectivity index (χ2n) is 23.7. The first-order chi connectivity index (χ1) is 48.1. The number of ether oxygens (including phenoxy) is 7. The van der Waals surface area contributed by atoms with E-state index in [4.69, 9.17) is 60.3 Å². The van der Waals surface area contributed by atoms with E-state index in [-0.39, 0.29) is 50.6 Å². The van der Waals surface area contributed by atoms with Crippen LogP contribution < -0.4 is 14.2 Å². The van der Waals surface area contributed by atoms with Crippen LogP contribution in [-0.2, 0) is 92.7 Å². The minimum absolute atomic E-state index is 0.0138. The molecular formula is C63H73N3O31P6. The van der Waals surface area contributed by atoms with E-state index in [1.54, 1.807) is 104 Å². The minimum atomic E-state index is -5.26. The van der Waals surface area contributed by atoms with Crippen molar-refractivity contribution in [1.82, 2.24) is 15.0 Å². The lowest BCUT2D eigenvalue weighted by molar-refractivity contribution is -0.0610. The fourth-order valence-corrected chi connectivity index (χ4v) is 20.4. The van der Waals surface area contributed by atoms with E-state index in [0.29, 0.717) is 22.3 Å². The summed E-state index contributed by atoms with van der Waals surface area (Å²) in [4.78, 5) is 111. The Morgan fingerprint density at radius 2 is 0.825 bits per heavy atom. The molecule has 0 radical (unpaired) electrons. The zero-order chi connectivity index (χ0) is 75.7. The second kappa shape index (κ2) is 33.0. The first-order valence-corrected chi connectivity index (χ1v) is 40.1. The Morgan fingerprint density at radius 1 is 0.437 bits per heavy atom. The van der Waals surface area contributed by atoms with Gasteiger partial charge in [0.05, 0.1) is 35.0 Å². The molecular weight excluding hydrogens is 1480 g/mol. The second-order valence-corrected chi connectivity index (χ2v) is 36.7. The van der Waals surface area contributed by atoms with E-state index in [9.17, 15) is 86.5 Å². The van der Waals surface area contributed by atoms with Crippen LogP contribution in [0.15, 0.2) is 159 Å². The summed E-state index contributed by atoms with van der Waals surface area (Å²) < 4.78 is 145. The van der Waals surface area contributed by atoms with Gasteiger partial charge in [0.1, 0.15) is 11.5 Å². The summed E-state index contributed by atoms with van der Waals surface area (Å²) >= 11 is 0. The van der Waals surface area contributed by atoms with Crippen molar-refractivity contribution in [1.29, 1.82) is 0 Å². The van der Waals surface area contributed by atoms with Crippen molar-refractivity contribution < 1.29 is 147 Å². The molecule has 40 heteroatoms. The zero-order valence-corrected chi connectivity index (χ0v) is 61.2. The highest BCUT2D eigenvalue weighted by atomic mass is 31.3.